The molecule has 2 heterocycles. The van der Waals surface area contributed by atoms with E-state index in [0.717, 1.165) is 37.9 Å². The summed E-state index contributed by atoms with van der Waals surface area (Å²) in [4.78, 5) is 6.61. The van der Waals surface area contributed by atoms with Gasteiger partial charge in [0.15, 0.2) is 0 Å². The molecule has 0 aromatic carbocycles. The smallest absolute Gasteiger partial charge is 0.144 e. The molecule has 1 aliphatic heterocycles. The second kappa shape index (κ2) is 6.55. The number of aliphatic hydroxyl groups is 1. The van der Waals surface area contributed by atoms with Crippen LogP contribution in [0.5, 0.6) is 0 Å². The molecule has 2 aliphatic rings. The van der Waals surface area contributed by atoms with Gasteiger partial charge in [0.2, 0.25) is 0 Å². The highest BCUT2D eigenvalue weighted by Gasteiger charge is 2.36. The number of pyridine rings is 1. The predicted octanol–water partition coefficient (Wildman–Crippen LogP) is 2.47. The average molecular weight is 285 g/mol. The largest absolute Gasteiger partial charge is 0.393 e. The van der Waals surface area contributed by atoms with Crippen LogP contribution in [0.2, 0.25) is 0 Å². The lowest BCUT2D eigenvalue weighted by molar-refractivity contribution is 0.0201. The van der Waals surface area contributed by atoms with E-state index >= 15 is 0 Å². The summed E-state index contributed by atoms with van der Waals surface area (Å²) < 4.78 is 0. The molecule has 21 heavy (non-hydrogen) atoms. The summed E-state index contributed by atoms with van der Waals surface area (Å²) in [5, 5.41) is 19.5. The Morgan fingerprint density at radius 1 is 1.29 bits per heavy atom. The molecule has 4 nitrogen and oxygen atoms in total. The van der Waals surface area contributed by atoms with Crippen LogP contribution in [-0.2, 0) is 6.54 Å². The fourth-order valence-electron chi connectivity index (χ4n) is 4.01. The van der Waals surface area contributed by atoms with Gasteiger partial charge in [0.1, 0.15) is 11.8 Å². The van der Waals surface area contributed by atoms with Gasteiger partial charge in [0, 0.05) is 30.3 Å². The van der Waals surface area contributed by atoms with Crippen LogP contribution in [0.4, 0.5) is 0 Å². The lowest BCUT2D eigenvalue weighted by Crippen LogP contribution is -2.42. The number of aromatic nitrogens is 1. The summed E-state index contributed by atoms with van der Waals surface area (Å²) in [6, 6.07) is 6.55. The zero-order valence-corrected chi connectivity index (χ0v) is 12.4. The van der Waals surface area contributed by atoms with E-state index in [9.17, 15) is 10.4 Å². The lowest BCUT2D eigenvalue weighted by atomic mass is 9.80. The van der Waals surface area contributed by atoms with Gasteiger partial charge >= 0.3 is 0 Å². The molecule has 1 aliphatic carbocycles. The molecule has 3 unspecified atom stereocenters. The highest BCUT2D eigenvalue weighted by molar-refractivity contribution is 5.30. The zero-order chi connectivity index (χ0) is 14.7. The van der Waals surface area contributed by atoms with Crippen LogP contribution in [0.25, 0.3) is 0 Å². The van der Waals surface area contributed by atoms with Crippen LogP contribution >= 0.6 is 0 Å². The fraction of sp³-hybridized carbons (Fsp3) is 0.647. The van der Waals surface area contributed by atoms with Gasteiger partial charge < -0.3 is 5.11 Å². The van der Waals surface area contributed by atoms with Crippen molar-refractivity contribution in [1.82, 2.24) is 9.88 Å². The SMILES string of the molecule is N#Cc1ncccc1CN1CCCC1C1CCCCC1O. The maximum atomic E-state index is 10.3. The standard InChI is InChI=1S/C17H23N3O/c18-11-15-13(5-3-9-19-15)12-20-10-4-7-16(20)14-6-1-2-8-17(14)21/h3,5,9,14,16-17,21H,1-2,4,6-8,10,12H2. The first-order valence-corrected chi connectivity index (χ1v) is 8.05. The maximum absolute atomic E-state index is 10.3. The summed E-state index contributed by atoms with van der Waals surface area (Å²) >= 11 is 0. The lowest BCUT2D eigenvalue weighted by Gasteiger charge is -2.37. The number of rotatable bonds is 3. The van der Waals surface area contributed by atoms with E-state index in [1.165, 1.54) is 19.3 Å². The normalized spacial score (nSPS) is 30.2. The topological polar surface area (TPSA) is 60.2 Å². The molecule has 0 radical (unpaired) electrons. The Kier molecular flexibility index (Phi) is 4.52. The maximum Gasteiger partial charge on any atom is 0.144 e. The second-order valence-corrected chi connectivity index (χ2v) is 6.32. The van der Waals surface area contributed by atoms with E-state index in [1.54, 1.807) is 6.20 Å². The fourth-order valence-corrected chi connectivity index (χ4v) is 4.01. The molecular weight excluding hydrogens is 262 g/mol. The van der Waals surface area contributed by atoms with Crippen molar-refractivity contribution in [2.45, 2.75) is 57.2 Å². The van der Waals surface area contributed by atoms with Crippen molar-refractivity contribution < 1.29 is 5.11 Å². The van der Waals surface area contributed by atoms with Gasteiger partial charge in [-0.15, -0.1) is 0 Å². The molecule has 2 fully saturated rings. The van der Waals surface area contributed by atoms with Crippen molar-refractivity contribution in [2.75, 3.05) is 6.54 Å². The third-order valence-electron chi connectivity index (χ3n) is 5.06. The van der Waals surface area contributed by atoms with Crippen LogP contribution in [0.1, 0.15) is 49.8 Å². The first-order valence-electron chi connectivity index (χ1n) is 8.05. The molecule has 1 aromatic rings. The summed E-state index contributed by atoms with van der Waals surface area (Å²) in [6.07, 6.45) is 8.38. The van der Waals surface area contributed by atoms with Crippen molar-refractivity contribution >= 4 is 0 Å². The van der Waals surface area contributed by atoms with Crippen molar-refractivity contribution in [3.8, 4) is 6.07 Å². The van der Waals surface area contributed by atoms with E-state index in [2.05, 4.69) is 16.0 Å². The summed E-state index contributed by atoms with van der Waals surface area (Å²) in [6.45, 7) is 1.85. The Hall–Kier alpha value is -1.44. The average Bonchev–Trinajstić information content (AvgIpc) is 2.96. The van der Waals surface area contributed by atoms with Crippen molar-refractivity contribution in [2.24, 2.45) is 5.92 Å². The molecule has 3 atom stereocenters. The third kappa shape index (κ3) is 3.09. The molecule has 112 valence electrons. The number of hydrogen-bond donors (Lipinski definition) is 1. The molecule has 1 saturated carbocycles. The van der Waals surface area contributed by atoms with Gasteiger partial charge in [-0.05, 0) is 38.3 Å². The van der Waals surface area contributed by atoms with E-state index in [1.807, 2.05) is 12.1 Å². The highest BCUT2D eigenvalue weighted by Crippen LogP contribution is 2.35. The molecule has 1 saturated heterocycles. The first kappa shape index (κ1) is 14.5. The van der Waals surface area contributed by atoms with Crippen molar-refractivity contribution in [3.63, 3.8) is 0 Å². The molecule has 1 N–H and O–H groups in total. The highest BCUT2D eigenvalue weighted by atomic mass is 16.3. The summed E-state index contributed by atoms with van der Waals surface area (Å²) in [5.74, 6) is 0.406. The minimum Gasteiger partial charge on any atom is -0.393 e. The van der Waals surface area contributed by atoms with Crippen LogP contribution in [0.15, 0.2) is 18.3 Å². The van der Waals surface area contributed by atoms with Gasteiger partial charge in [-0.3, -0.25) is 4.90 Å². The molecule has 0 amide bonds. The summed E-state index contributed by atoms with van der Waals surface area (Å²) in [7, 11) is 0. The van der Waals surface area contributed by atoms with Crippen LogP contribution in [0, 0.1) is 17.2 Å². The Morgan fingerprint density at radius 3 is 2.95 bits per heavy atom. The molecule has 0 bridgehead atoms. The third-order valence-corrected chi connectivity index (χ3v) is 5.06. The molecule has 4 heteroatoms. The first-order chi connectivity index (χ1) is 10.3. The van der Waals surface area contributed by atoms with E-state index < -0.39 is 0 Å². The van der Waals surface area contributed by atoms with E-state index in [-0.39, 0.29) is 6.10 Å². The Bertz CT molecular complexity index is 525. The van der Waals surface area contributed by atoms with Crippen LogP contribution in [0.3, 0.4) is 0 Å². The molecule has 0 spiro atoms. The zero-order valence-electron chi connectivity index (χ0n) is 12.4. The Morgan fingerprint density at radius 2 is 2.14 bits per heavy atom. The monoisotopic (exact) mass is 285 g/mol. The minimum absolute atomic E-state index is 0.145. The Labute approximate surface area is 126 Å². The van der Waals surface area contributed by atoms with Gasteiger partial charge in [-0.25, -0.2) is 4.98 Å². The Balaban J connectivity index is 1.74. The molecule has 3 rings (SSSR count). The second-order valence-electron chi connectivity index (χ2n) is 6.32. The van der Waals surface area contributed by atoms with Crippen molar-refractivity contribution in [1.29, 1.82) is 5.26 Å². The molecule has 1 aromatic heterocycles. The number of aliphatic hydroxyl groups excluding tert-OH is 1. The number of hydrogen-bond acceptors (Lipinski definition) is 4. The number of nitrogens with zero attached hydrogens (tertiary/aromatic N) is 3. The number of nitriles is 1. The summed E-state index contributed by atoms with van der Waals surface area (Å²) in [5.41, 5.74) is 1.55. The van der Waals surface area contributed by atoms with E-state index in [4.69, 9.17) is 0 Å². The van der Waals surface area contributed by atoms with Gasteiger partial charge in [0.25, 0.3) is 0 Å². The van der Waals surface area contributed by atoms with Gasteiger partial charge in [-0.2, -0.15) is 5.26 Å². The van der Waals surface area contributed by atoms with Gasteiger partial charge in [0.05, 0.1) is 6.10 Å². The predicted molar refractivity (Wildman–Crippen MR) is 80.3 cm³/mol. The minimum atomic E-state index is -0.145. The number of likely N-dealkylation sites (tertiary alicyclic amines) is 1. The van der Waals surface area contributed by atoms with Gasteiger partial charge in [-0.1, -0.05) is 18.9 Å². The van der Waals surface area contributed by atoms with Crippen molar-refractivity contribution in [3.05, 3.63) is 29.6 Å². The van der Waals surface area contributed by atoms with Crippen LogP contribution < -0.4 is 0 Å². The molecular formula is C17H23N3O. The quantitative estimate of drug-likeness (QED) is 0.927. The van der Waals surface area contributed by atoms with E-state index in [0.29, 0.717) is 17.7 Å². The van der Waals surface area contributed by atoms with Crippen LogP contribution in [-0.4, -0.2) is 33.7 Å².